The fraction of sp³-hybridized carbons (Fsp3) is 0.267. The van der Waals surface area contributed by atoms with Crippen molar-refractivity contribution in [3.63, 3.8) is 0 Å². The highest BCUT2D eigenvalue weighted by Gasteiger charge is 2.10. The number of hydrogen-bond donors (Lipinski definition) is 1. The van der Waals surface area contributed by atoms with Gasteiger partial charge in [0.2, 0.25) is 0 Å². The summed E-state index contributed by atoms with van der Waals surface area (Å²) in [6.07, 6.45) is 5.76. The smallest absolute Gasteiger partial charge is 0.130 e. The summed E-state index contributed by atoms with van der Waals surface area (Å²) < 4.78 is 0. The number of aryl methyl sites for hydroxylation is 1. The molecular weight excluding hydrogens is 250 g/mol. The lowest BCUT2D eigenvalue weighted by atomic mass is 10.2. The number of anilines is 2. The van der Waals surface area contributed by atoms with E-state index in [0.717, 1.165) is 16.9 Å². The first-order valence-corrected chi connectivity index (χ1v) is 6.43. The summed E-state index contributed by atoms with van der Waals surface area (Å²) in [7, 11) is 0. The Bertz CT molecular complexity index is 603. The third-order valence-electron chi connectivity index (χ3n) is 3.04. The van der Waals surface area contributed by atoms with E-state index in [1.54, 1.807) is 12.4 Å². The molecule has 0 radical (unpaired) electrons. The van der Waals surface area contributed by atoms with Gasteiger partial charge in [-0.15, -0.1) is 0 Å². The van der Waals surface area contributed by atoms with Crippen molar-refractivity contribution < 1.29 is 0 Å². The molecule has 0 saturated carbocycles. The molecule has 0 aliphatic heterocycles. The molecule has 0 spiro atoms. The monoisotopic (exact) mass is 267 g/mol. The van der Waals surface area contributed by atoms with Crippen molar-refractivity contribution in [3.05, 3.63) is 47.9 Å². The molecule has 0 saturated heterocycles. The zero-order valence-electron chi connectivity index (χ0n) is 11.5. The molecule has 5 nitrogen and oxygen atoms in total. The Labute approximate surface area is 118 Å². The second kappa shape index (κ2) is 6.53. The lowest BCUT2D eigenvalue weighted by Crippen LogP contribution is -2.25. The standard InChI is InChI=1S/C15H17N5/c1-12-9-19-15(8-14(12)17)20(7-3-5-16)11-13-4-2-6-18-10-13/h2,4,6,8-10H,3,7,11H2,1H3,(H2,17,19). The molecule has 102 valence electrons. The van der Waals surface area contributed by atoms with Crippen molar-refractivity contribution in [2.75, 3.05) is 17.2 Å². The normalized spacial score (nSPS) is 10.0. The number of pyridine rings is 2. The molecule has 2 aromatic heterocycles. The Morgan fingerprint density at radius 1 is 1.40 bits per heavy atom. The fourth-order valence-corrected chi connectivity index (χ4v) is 1.87. The first-order chi connectivity index (χ1) is 9.70. The molecule has 0 bridgehead atoms. The summed E-state index contributed by atoms with van der Waals surface area (Å²) in [6.45, 7) is 3.19. The topological polar surface area (TPSA) is 78.8 Å². The van der Waals surface area contributed by atoms with Gasteiger partial charge in [0.15, 0.2) is 0 Å². The molecule has 2 N–H and O–H groups in total. The third kappa shape index (κ3) is 3.45. The summed E-state index contributed by atoms with van der Waals surface area (Å²) >= 11 is 0. The van der Waals surface area contributed by atoms with Crippen LogP contribution in [0.1, 0.15) is 17.5 Å². The quantitative estimate of drug-likeness (QED) is 0.899. The molecule has 20 heavy (non-hydrogen) atoms. The lowest BCUT2D eigenvalue weighted by molar-refractivity contribution is 0.780. The van der Waals surface area contributed by atoms with Crippen molar-refractivity contribution in [2.45, 2.75) is 19.9 Å². The van der Waals surface area contributed by atoms with E-state index in [1.165, 1.54) is 0 Å². The highest BCUT2D eigenvalue weighted by molar-refractivity contribution is 5.54. The first-order valence-electron chi connectivity index (χ1n) is 6.43. The van der Waals surface area contributed by atoms with Crippen LogP contribution in [-0.4, -0.2) is 16.5 Å². The summed E-state index contributed by atoms with van der Waals surface area (Å²) in [6, 6.07) is 7.92. The van der Waals surface area contributed by atoms with E-state index < -0.39 is 0 Å². The highest BCUT2D eigenvalue weighted by Crippen LogP contribution is 2.19. The van der Waals surface area contributed by atoms with Crippen LogP contribution in [-0.2, 0) is 6.54 Å². The molecule has 0 aromatic carbocycles. The van der Waals surface area contributed by atoms with Crippen molar-refractivity contribution >= 4 is 11.5 Å². The van der Waals surface area contributed by atoms with E-state index in [-0.39, 0.29) is 0 Å². The van der Waals surface area contributed by atoms with Crippen LogP contribution in [0.2, 0.25) is 0 Å². The van der Waals surface area contributed by atoms with Crippen LogP contribution < -0.4 is 10.6 Å². The molecule has 0 amide bonds. The summed E-state index contributed by atoms with van der Waals surface area (Å²) in [5.41, 5.74) is 8.68. The van der Waals surface area contributed by atoms with E-state index >= 15 is 0 Å². The van der Waals surface area contributed by atoms with Crippen LogP contribution in [0.5, 0.6) is 0 Å². The van der Waals surface area contributed by atoms with Gasteiger partial charge in [-0.3, -0.25) is 4.98 Å². The Hall–Kier alpha value is -2.61. The van der Waals surface area contributed by atoms with Crippen LogP contribution >= 0.6 is 0 Å². The SMILES string of the molecule is Cc1cnc(N(CCC#N)Cc2cccnc2)cc1N. The van der Waals surface area contributed by atoms with Gasteiger partial charge in [-0.25, -0.2) is 4.98 Å². The number of nitrogens with two attached hydrogens (primary N) is 1. The molecule has 0 unspecified atom stereocenters. The molecule has 0 aliphatic carbocycles. The van der Waals surface area contributed by atoms with Crippen molar-refractivity contribution in [3.8, 4) is 6.07 Å². The minimum absolute atomic E-state index is 0.440. The van der Waals surface area contributed by atoms with Crippen LogP contribution in [0, 0.1) is 18.3 Å². The minimum atomic E-state index is 0.440. The van der Waals surface area contributed by atoms with Gasteiger partial charge in [-0.2, -0.15) is 5.26 Å². The molecule has 0 atom stereocenters. The predicted octanol–water partition coefficient (Wildman–Crippen LogP) is 2.29. The van der Waals surface area contributed by atoms with Crippen LogP contribution in [0.4, 0.5) is 11.5 Å². The average molecular weight is 267 g/mol. The van der Waals surface area contributed by atoms with Gasteiger partial charge >= 0.3 is 0 Å². The van der Waals surface area contributed by atoms with E-state index in [0.29, 0.717) is 25.2 Å². The van der Waals surface area contributed by atoms with Crippen molar-refractivity contribution in [1.29, 1.82) is 5.26 Å². The van der Waals surface area contributed by atoms with Gasteiger partial charge in [0, 0.05) is 43.4 Å². The zero-order valence-corrected chi connectivity index (χ0v) is 11.5. The zero-order chi connectivity index (χ0) is 14.4. The average Bonchev–Trinajstić information content (AvgIpc) is 2.47. The molecular formula is C15H17N5. The number of rotatable bonds is 5. The van der Waals surface area contributed by atoms with Crippen molar-refractivity contribution in [2.24, 2.45) is 0 Å². The van der Waals surface area contributed by atoms with Crippen LogP contribution in [0.15, 0.2) is 36.8 Å². The molecule has 0 fully saturated rings. The second-order valence-electron chi connectivity index (χ2n) is 4.59. The number of nitrogens with zero attached hydrogens (tertiary/aromatic N) is 4. The Balaban J connectivity index is 2.22. The van der Waals surface area contributed by atoms with Gasteiger partial charge in [0.1, 0.15) is 5.82 Å². The van der Waals surface area contributed by atoms with Gasteiger partial charge in [0.25, 0.3) is 0 Å². The lowest BCUT2D eigenvalue weighted by Gasteiger charge is -2.23. The molecule has 2 heterocycles. The van der Waals surface area contributed by atoms with E-state index in [1.807, 2.05) is 36.2 Å². The fourth-order valence-electron chi connectivity index (χ4n) is 1.87. The molecule has 2 aromatic rings. The summed E-state index contributed by atoms with van der Waals surface area (Å²) in [5.74, 6) is 0.784. The van der Waals surface area contributed by atoms with Gasteiger partial charge in [-0.05, 0) is 24.1 Å². The Morgan fingerprint density at radius 3 is 2.90 bits per heavy atom. The number of hydrogen-bond acceptors (Lipinski definition) is 5. The third-order valence-corrected chi connectivity index (χ3v) is 3.04. The number of nitriles is 1. The maximum atomic E-state index is 8.79. The predicted molar refractivity (Wildman–Crippen MR) is 78.9 cm³/mol. The van der Waals surface area contributed by atoms with Crippen LogP contribution in [0.25, 0.3) is 0 Å². The van der Waals surface area contributed by atoms with E-state index in [9.17, 15) is 0 Å². The Morgan fingerprint density at radius 2 is 2.25 bits per heavy atom. The Kier molecular flexibility index (Phi) is 4.51. The minimum Gasteiger partial charge on any atom is -0.398 e. The number of nitrogen functional groups attached to an aromatic ring is 1. The van der Waals surface area contributed by atoms with E-state index in [2.05, 4.69) is 16.0 Å². The van der Waals surface area contributed by atoms with Gasteiger partial charge in [0.05, 0.1) is 12.5 Å². The highest BCUT2D eigenvalue weighted by atomic mass is 15.2. The summed E-state index contributed by atoms with van der Waals surface area (Å²) in [4.78, 5) is 10.5. The summed E-state index contributed by atoms with van der Waals surface area (Å²) in [5, 5.41) is 8.79. The maximum absolute atomic E-state index is 8.79. The molecule has 2 rings (SSSR count). The number of aromatic nitrogens is 2. The van der Waals surface area contributed by atoms with E-state index in [4.69, 9.17) is 11.0 Å². The van der Waals surface area contributed by atoms with Gasteiger partial charge in [-0.1, -0.05) is 6.07 Å². The van der Waals surface area contributed by atoms with Crippen molar-refractivity contribution in [1.82, 2.24) is 9.97 Å². The van der Waals surface area contributed by atoms with Gasteiger partial charge < -0.3 is 10.6 Å². The maximum Gasteiger partial charge on any atom is 0.130 e. The first kappa shape index (κ1) is 13.8. The largest absolute Gasteiger partial charge is 0.398 e. The van der Waals surface area contributed by atoms with Crippen LogP contribution in [0.3, 0.4) is 0 Å². The molecule has 5 heteroatoms. The molecule has 0 aliphatic rings. The second-order valence-corrected chi connectivity index (χ2v) is 4.59.